The van der Waals surface area contributed by atoms with Gasteiger partial charge < -0.3 is 98.2 Å². The van der Waals surface area contributed by atoms with E-state index < -0.39 is 325 Å². The van der Waals surface area contributed by atoms with Crippen molar-refractivity contribution < 1.29 is 358 Å². The largest absolute Gasteiger partial charge is 2.00 e. The van der Waals surface area contributed by atoms with E-state index in [9.17, 15) is 255 Å². The molecule has 0 aliphatic carbocycles. The Kier molecular flexibility index (Phi) is 58.2. The molecule has 0 spiro atoms. The Morgan fingerprint density at radius 2 is 0.176 bits per heavy atom. The van der Waals surface area contributed by atoms with Crippen LogP contribution >= 0.6 is 0 Å². The molecule has 0 aromatic heterocycles. The van der Waals surface area contributed by atoms with Gasteiger partial charge >= 0.3 is 84.3 Å². The number of benzene rings is 8. The number of halogens is 40. The summed E-state index contributed by atoms with van der Waals surface area (Å²) in [4.78, 5) is 80.1. The number of carboxylic acids is 8. The maximum absolute atomic E-state index is 12.5. The molecule has 64 heteroatoms. The molecule has 4 aliphatic heterocycles. The predicted octanol–water partition coefficient (Wildman–Crippen LogP) is 9.14. The predicted molar refractivity (Wildman–Crippen MR) is 325 cm³/mol. The fourth-order valence-corrected chi connectivity index (χ4v) is 8.31. The molecule has 0 N–H and O–H groups in total. The number of hydrogen-bond acceptors (Lipinski definition) is 20. The number of hydrogen-bond donors (Lipinski definition) is 0. The summed E-state index contributed by atoms with van der Waals surface area (Å²) in [6.45, 7) is 8.00. The molecule has 744 valence electrons. The normalized spacial score (nSPS) is 12.1. The Balaban J connectivity index is -0.000000707. The zero-order valence-electron chi connectivity index (χ0n) is 64.2. The van der Waals surface area contributed by atoms with E-state index in [1.165, 1.54) is 51.4 Å². The SMILES string of the molecule is C1CCOC1.C1CCOC1.C1CCOC1.C1CCOC1.O=C([O-])c1c(F)c(F)c(F)c(F)c1F.O=C([O-])c1c(F)c(F)c(F)c(F)c1F.O=C([O-])c1c(F)c(F)c(F)c(F)c1F.O=C([O-])c1c(F)c(F)c(F)c(F)c1F.O=C([O-])c1c(F)c(F)c(F)c(F)c1F.O=C([O-])c1c(F)c(F)c(F)c(F)c1F.O=C([O-])c1c(F)c(F)c(F)c(F)c1F.O=C([O-])c1c(F)c(F)c(F)c(F)c1F.[Mo+2].[Mo+2].[Mo+2].[Mo+2]. The summed E-state index contributed by atoms with van der Waals surface area (Å²) < 4.78 is 515. The van der Waals surface area contributed by atoms with Gasteiger partial charge in [0.25, 0.3) is 0 Å². The summed E-state index contributed by atoms with van der Waals surface area (Å²) in [6, 6.07) is 0. The van der Waals surface area contributed by atoms with E-state index in [0.29, 0.717) is 0 Å². The molecular formula is C72H32F40Mo4O20. The average molecular weight is 2360 g/mol. The van der Waals surface area contributed by atoms with Gasteiger partial charge in [0.05, 0.1) is 92.3 Å². The minimum Gasteiger partial charge on any atom is -0.545 e. The van der Waals surface area contributed by atoms with Gasteiger partial charge in [0.1, 0.15) is 0 Å². The van der Waals surface area contributed by atoms with Crippen molar-refractivity contribution in [3.63, 3.8) is 0 Å². The van der Waals surface area contributed by atoms with Crippen LogP contribution in [0.25, 0.3) is 0 Å². The molecule has 0 atom stereocenters. The maximum atomic E-state index is 12.5. The van der Waals surface area contributed by atoms with Gasteiger partial charge in [0, 0.05) is 52.9 Å². The van der Waals surface area contributed by atoms with Gasteiger partial charge in [-0.2, -0.15) is 0 Å². The quantitative estimate of drug-likeness (QED) is 0.0592. The molecule has 4 saturated heterocycles. The second-order valence-corrected chi connectivity index (χ2v) is 23.1. The van der Waals surface area contributed by atoms with Crippen LogP contribution in [0.5, 0.6) is 0 Å². The van der Waals surface area contributed by atoms with Crippen molar-refractivity contribution in [2.24, 2.45) is 0 Å². The van der Waals surface area contributed by atoms with E-state index in [-0.39, 0.29) is 84.3 Å². The van der Waals surface area contributed by atoms with Gasteiger partial charge in [-0.3, -0.25) is 0 Å². The second-order valence-electron chi connectivity index (χ2n) is 23.1. The van der Waals surface area contributed by atoms with Gasteiger partial charge in [-0.15, -0.1) is 0 Å². The molecule has 0 saturated carbocycles. The number of rotatable bonds is 8. The van der Waals surface area contributed by atoms with Gasteiger partial charge in [0.2, 0.25) is 46.5 Å². The number of ether oxygens (including phenoxy) is 4. The van der Waals surface area contributed by atoms with Crippen LogP contribution in [0, 0.1) is 233 Å². The standard InChI is InChI=1S/8C7HF5O2.4C4H8O.4Mo/c8*8-2-1(7(13)14)3(9)5(11)6(12)4(2)10;4*1-2-4-5-3-1;;;;/h8*(H,13,14);4*1-4H2;;;;/q;;;;;;;;;;;;4*+2/p-8. The Labute approximate surface area is 783 Å². The Bertz CT molecular complexity index is 4400. The topological polar surface area (TPSA) is 358 Å². The fourth-order valence-electron chi connectivity index (χ4n) is 8.31. The van der Waals surface area contributed by atoms with Gasteiger partial charge in [0.15, 0.2) is 186 Å². The van der Waals surface area contributed by atoms with E-state index >= 15 is 0 Å². The molecule has 0 amide bonds. The number of carbonyl (C=O) groups is 8. The van der Waals surface area contributed by atoms with Crippen molar-refractivity contribution in [2.75, 3.05) is 52.9 Å². The number of carbonyl (C=O) groups excluding carboxylic acids is 8. The molecular weight excluding hydrogens is 2330 g/mol. The summed E-state index contributed by atoms with van der Waals surface area (Å²) in [5.41, 5.74) is -15.8. The summed E-state index contributed by atoms with van der Waals surface area (Å²) in [6.07, 6.45) is 10.2. The van der Waals surface area contributed by atoms with Crippen LogP contribution in [0.2, 0.25) is 0 Å². The van der Waals surface area contributed by atoms with Crippen molar-refractivity contribution in [3.8, 4) is 0 Å². The molecule has 0 unspecified atom stereocenters. The Morgan fingerprint density at radius 1 is 0.125 bits per heavy atom. The van der Waals surface area contributed by atoms with Gasteiger partial charge in [-0.05, 0) is 51.4 Å². The molecule has 8 aromatic rings. The molecule has 4 fully saturated rings. The van der Waals surface area contributed by atoms with Crippen LogP contribution < -0.4 is 40.9 Å². The maximum Gasteiger partial charge on any atom is 2.00 e. The first-order chi connectivity index (χ1) is 61.0. The smallest absolute Gasteiger partial charge is 0.545 e. The van der Waals surface area contributed by atoms with E-state index in [4.69, 9.17) is 18.9 Å². The molecule has 12 rings (SSSR count). The van der Waals surface area contributed by atoms with Crippen LogP contribution in [-0.4, -0.2) is 101 Å². The third-order valence-electron chi connectivity index (χ3n) is 14.6. The van der Waals surface area contributed by atoms with Crippen LogP contribution in [0.15, 0.2) is 0 Å². The first-order valence-corrected chi connectivity index (χ1v) is 33.1. The van der Waals surface area contributed by atoms with Gasteiger partial charge in [-0.1, -0.05) is 0 Å². The van der Waals surface area contributed by atoms with E-state index in [1.54, 1.807) is 0 Å². The van der Waals surface area contributed by atoms with Crippen molar-refractivity contribution in [1.82, 2.24) is 0 Å². The van der Waals surface area contributed by atoms with Gasteiger partial charge in [-0.25, -0.2) is 176 Å². The minimum absolute atomic E-state index is 0. The van der Waals surface area contributed by atoms with Crippen molar-refractivity contribution in [2.45, 2.75) is 51.4 Å². The van der Waals surface area contributed by atoms with Crippen LogP contribution in [0.1, 0.15) is 134 Å². The Morgan fingerprint density at radius 3 is 0.213 bits per heavy atom. The monoisotopic (exact) mass is 2370 g/mol. The number of aromatic carboxylic acids is 8. The molecule has 4 aliphatic rings. The zero-order chi connectivity index (χ0) is 102. The summed E-state index contributed by atoms with van der Waals surface area (Å²) >= 11 is 0. The van der Waals surface area contributed by atoms with Crippen molar-refractivity contribution >= 4 is 47.8 Å². The molecule has 136 heavy (non-hydrogen) atoms. The second kappa shape index (κ2) is 60.1. The van der Waals surface area contributed by atoms with Crippen LogP contribution in [0.3, 0.4) is 0 Å². The van der Waals surface area contributed by atoms with Crippen molar-refractivity contribution in [3.05, 3.63) is 277 Å². The minimum atomic E-state index is -2.47. The van der Waals surface area contributed by atoms with E-state index in [1.807, 2.05) is 0 Å². The van der Waals surface area contributed by atoms with Crippen molar-refractivity contribution in [1.29, 1.82) is 0 Å². The number of carboxylic acid groups (broad SMARTS) is 8. The van der Waals surface area contributed by atoms with E-state index in [2.05, 4.69) is 0 Å². The fraction of sp³-hybridized carbons (Fsp3) is 0.222. The summed E-state index contributed by atoms with van der Waals surface area (Å²) in [7, 11) is 0. The molecule has 4 heterocycles. The van der Waals surface area contributed by atoms with Crippen LogP contribution in [0.4, 0.5) is 176 Å². The molecule has 0 bridgehead atoms. The average Bonchev–Trinajstić information content (AvgIpc) is 1.05. The zero-order valence-corrected chi connectivity index (χ0v) is 72.3. The first-order valence-electron chi connectivity index (χ1n) is 33.1. The third kappa shape index (κ3) is 33.9. The third-order valence-corrected chi connectivity index (χ3v) is 14.6. The Hall–Kier alpha value is -10.7. The molecule has 8 aromatic carbocycles. The van der Waals surface area contributed by atoms with E-state index in [0.717, 1.165) is 52.9 Å². The molecule has 0 radical (unpaired) electrons. The first kappa shape index (κ1) is 132. The van der Waals surface area contributed by atoms with Crippen LogP contribution in [-0.2, 0) is 103 Å². The summed E-state index contributed by atoms with van der Waals surface area (Å²) in [5, 5.41) is 80.1. The molecule has 20 nitrogen and oxygen atoms in total. The summed E-state index contributed by atoms with van der Waals surface area (Å²) in [5.74, 6) is -115.